The molecule has 4 aromatic rings. The van der Waals surface area contributed by atoms with E-state index >= 15 is 0 Å². The predicted molar refractivity (Wildman–Crippen MR) is 158 cm³/mol. The Morgan fingerprint density at radius 2 is 0.976 bits per heavy atom. The number of aryl methyl sites for hydroxylation is 2. The Hall–Kier alpha value is -3.90. The van der Waals surface area contributed by atoms with E-state index in [2.05, 4.69) is 10.2 Å². The summed E-state index contributed by atoms with van der Waals surface area (Å²) in [4.78, 5) is 1.92. The molecule has 0 atom stereocenters. The lowest BCUT2D eigenvalue weighted by Crippen LogP contribution is -2.32. The third kappa shape index (κ3) is 8.79. The summed E-state index contributed by atoms with van der Waals surface area (Å²) in [6, 6.07) is 29.2. The number of anilines is 1. The first-order valence-corrected chi connectivity index (χ1v) is 15.7. The summed E-state index contributed by atoms with van der Waals surface area (Å²) in [5, 5.41) is 8.45. The lowest BCUT2D eigenvalue weighted by Gasteiger charge is -2.24. The lowest BCUT2D eigenvalue weighted by molar-refractivity contribution is 0.306. The highest BCUT2D eigenvalue weighted by atomic mass is 32.2. The topological polar surface area (TPSA) is 115 Å². The highest BCUT2D eigenvalue weighted by Gasteiger charge is 2.18. The van der Waals surface area contributed by atoms with Crippen molar-refractivity contribution >= 4 is 37.3 Å². The van der Waals surface area contributed by atoms with Crippen LogP contribution < -0.4 is 4.90 Å². The molecule has 0 aliphatic heterocycles. The number of benzene rings is 4. The number of hydrogen-bond donors (Lipinski definition) is 0. The van der Waals surface area contributed by atoms with Crippen molar-refractivity contribution in [1.82, 2.24) is 0 Å². The quantitative estimate of drug-likeness (QED) is 0.131. The van der Waals surface area contributed by atoms with Gasteiger partial charge in [-0.05, 0) is 74.5 Å². The van der Waals surface area contributed by atoms with Crippen molar-refractivity contribution in [2.75, 3.05) is 31.2 Å². The second kappa shape index (κ2) is 13.6. The van der Waals surface area contributed by atoms with Crippen molar-refractivity contribution in [3.63, 3.8) is 0 Å². The minimum atomic E-state index is -3.96. The molecule has 11 heteroatoms. The average Bonchev–Trinajstić information content (AvgIpc) is 2.96. The Morgan fingerprint density at radius 3 is 1.41 bits per heavy atom. The number of rotatable bonds is 13. The predicted octanol–water partition coefficient (Wildman–Crippen LogP) is 6.34. The second-order valence-electron chi connectivity index (χ2n) is 9.22. The SMILES string of the molecule is Cc1ccc(S(=O)(=O)OCCN(CCOS(=O)(=O)c2ccc(C)cc2)c2ccc(N=Nc3ccccc3)cc2)cc1. The summed E-state index contributed by atoms with van der Waals surface area (Å²) in [7, 11) is -7.92. The van der Waals surface area contributed by atoms with Crippen LogP contribution in [0.5, 0.6) is 0 Å². The van der Waals surface area contributed by atoms with Crippen molar-refractivity contribution < 1.29 is 25.2 Å². The largest absolute Gasteiger partial charge is 0.367 e. The number of azo groups is 1. The molecule has 4 aromatic carbocycles. The maximum Gasteiger partial charge on any atom is 0.297 e. The highest BCUT2D eigenvalue weighted by Crippen LogP contribution is 2.23. The Balaban J connectivity index is 1.45. The molecule has 0 aliphatic carbocycles. The maximum absolute atomic E-state index is 12.7. The van der Waals surface area contributed by atoms with Gasteiger partial charge in [0.1, 0.15) is 0 Å². The van der Waals surface area contributed by atoms with Crippen molar-refractivity contribution in [3.05, 3.63) is 114 Å². The molecular weight excluding hydrogens is 562 g/mol. The standard InChI is InChI=1S/C30H31N3O6S2/c1-24-8-16-29(17-9-24)40(34,35)38-22-20-33(21-23-39-41(36,37)30-18-10-25(2)11-19-30)28-14-12-27(13-15-28)32-31-26-6-4-3-5-7-26/h3-19H,20-23H2,1-2H3. The van der Waals surface area contributed by atoms with Gasteiger partial charge in [-0.1, -0.05) is 53.6 Å². The summed E-state index contributed by atoms with van der Waals surface area (Å²) in [6.45, 7) is 3.73. The number of nitrogens with zero attached hydrogens (tertiary/aromatic N) is 3. The van der Waals surface area contributed by atoms with Gasteiger partial charge in [0.2, 0.25) is 0 Å². The van der Waals surface area contributed by atoms with Crippen LogP contribution in [-0.4, -0.2) is 43.1 Å². The second-order valence-corrected chi connectivity index (χ2v) is 12.4. The van der Waals surface area contributed by atoms with E-state index in [9.17, 15) is 16.8 Å². The first kappa shape index (κ1) is 30.1. The maximum atomic E-state index is 12.7. The Morgan fingerprint density at radius 1 is 0.561 bits per heavy atom. The van der Waals surface area contributed by atoms with Gasteiger partial charge in [-0.25, -0.2) is 0 Å². The Bertz CT molecular complexity index is 1580. The average molecular weight is 594 g/mol. The van der Waals surface area contributed by atoms with Gasteiger partial charge in [0.05, 0.1) is 34.4 Å². The minimum absolute atomic E-state index is 0.0651. The van der Waals surface area contributed by atoms with E-state index < -0.39 is 20.2 Å². The smallest absolute Gasteiger partial charge is 0.297 e. The van der Waals surface area contributed by atoms with Gasteiger partial charge in [0, 0.05) is 18.8 Å². The zero-order chi connectivity index (χ0) is 29.3. The molecule has 0 aliphatic rings. The summed E-state index contributed by atoms with van der Waals surface area (Å²) >= 11 is 0. The van der Waals surface area contributed by atoms with Gasteiger partial charge in [-0.2, -0.15) is 27.1 Å². The van der Waals surface area contributed by atoms with Crippen LogP contribution in [0.1, 0.15) is 11.1 Å². The fourth-order valence-corrected chi connectivity index (χ4v) is 5.57. The first-order chi connectivity index (χ1) is 19.6. The van der Waals surface area contributed by atoms with Gasteiger partial charge in [-0.15, -0.1) is 0 Å². The van der Waals surface area contributed by atoms with Crippen LogP contribution in [0.15, 0.2) is 123 Å². The van der Waals surface area contributed by atoms with Gasteiger partial charge in [-0.3, -0.25) is 8.37 Å². The minimum Gasteiger partial charge on any atom is -0.367 e. The number of hydrogen-bond acceptors (Lipinski definition) is 9. The Labute approximate surface area is 241 Å². The van der Waals surface area contributed by atoms with Crippen LogP contribution in [0, 0.1) is 13.8 Å². The molecule has 4 rings (SSSR count). The van der Waals surface area contributed by atoms with Crippen molar-refractivity contribution in [2.24, 2.45) is 10.2 Å². The van der Waals surface area contributed by atoms with E-state index in [-0.39, 0.29) is 36.1 Å². The van der Waals surface area contributed by atoms with Crippen LogP contribution in [0.3, 0.4) is 0 Å². The van der Waals surface area contributed by atoms with Gasteiger partial charge >= 0.3 is 0 Å². The van der Waals surface area contributed by atoms with Gasteiger partial charge in [0.15, 0.2) is 0 Å². The van der Waals surface area contributed by atoms with E-state index in [0.29, 0.717) is 11.4 Å². The summed E-state index contributed by atoms with van der Waals surface area (Å²) in [5.41, 5.74) is 3.91. The van der Waals surface area contributed by atoms with Crippen LogP contribution in [-0.2, 0) is 28.6 Å². The van der Waals surface area contributed by atoms with Crippen LogP contribution in [0.4, 0.5) is 17.1 Å². The normalized spacial score (nSPS) is 12.0. The molecule has 0 unspecified atom stereocenters. The summed E-state index contributed by atoms with van der Waals surface area (Å²) in [5.74, 6) is 0. The summed E-state index contributed by atoms with van der Waals surface area (Å²) < 4.78 is 61.2. The molecular formula is C30H31N3O6S2. The molecule has 0 aromatic heterocycles. The van der Waals surface area contributed by atoms with Gasteiger partial charge in [0.25, 0.3) is 20.2 Å². The van der Waals surface area contributed by atoms with Crippen LogP contribution >= 0.6 is 0 Å². The highest BCUT2D eigenvalue weighted by molar-refractivity contribution is 7.87. The molecule has 0 heterocycles. The molecule has 214 valence electrons. The van der Waals surface area contributed by atoms with E-state index in [1.54, 1.807) is 53.4 Å². The molecule has 0 amide bonds. The zero-order valence-corrected chi connectivity index (χ0v) is 24.4. The van der Waals surface area contributed by atoms with Crippen LogP contribution in [0.2, 0.25) is 0 Å². The fourth-order valence-electron chi connectivity index (χ4n) is 3.77. The molecule has 41 heavy (non-hydrogen) atoms. The molecule has 0 spiro atoms. The molecule has 0 bridgehead atoms. The van der Waals surface area contributed by atoms with E-state index in [1.165, 1.54) is 24.3 Å². The first-order valence-electron chi connectivity index (χ1n) is 12.9. The lowest BCUT2D eigenvalue weighted by atomic mass is 10.2. The fraction of sp³-hybridized carbons (Fsp3) is 0.200. The van der Waals surface area contributed by atoms with Crippen LogP contribution in [0.25, 0.3) is 0 Å². The Kier molecular flexibility index (Phi) is 10.0. The molecule has 0 radical (unpaired) electrons. The molecule has 0 fully saturated rings. The van der Waals surface area contributed by atoms with E-state index in [1.807, 2.05) is 44.2 Å². The van der Waals surface area contributed by atoms with E-state index in [4.69, 9.17) is 8.37 Å². The zero-order valence-electron chi connectivity index (χ0n) is 22.8. The molecule has 0 N–H and O–H groups in total. The molecule has 9 nitrogen and oxygen atoms in total. The van der Waals surface area contributed by atoms with E-state index in [0.717, 1.165) is 16.8 Å². The van der Waals surface area contributed by atoms with Gasteiger partial charge < -0.3 is 4.90 Å². The van der Waals surface area contributed by atoms with Crippen molar-refractivity contribution in [2.45, 2.75) is 23.6 Å². The monoisotopic (exact) mass is 593 g/mol. The third-order valence-electron chi connectivity index (χ3n) is 6.07. The van der Waals surface area contributed by atoms with Crippen molar-refractivity contribution in [3.8, 4) is 0 Å². The molecule has 0 saturated carbocycles. The molecule has 0 saturated heterocycles. The van der Waals surface area contributed by atoms with Crippen molar-refractivity contribution in [1.29, 1.82) is 0 Å². The third-order valence-corrected chi connectivity index (χ3v) is 8.72. The summed E-state index contributed by atoms with van der Waals surface area (Å²) in [6.07, 6.45) is 0.